The number of piperidine rings is 1. The van der Waals surface area contributed by atoms with Gasteiger partial charge in [-0.15, -0.1) is 0 Å². The number of carbonyl (C=O) groups excluding carboxylic acids is 1. The molecule has 0 unspecified atom stereocenters. The fourth-order valence-electron chi connectivity index (χ4n) is 4.42. The standard InChI is InChI=1S/C18H20N4O4/c19-10-13-2-1-7-21(13)18(23)17-11-8-15(20-17)16(9-11)26-14-5-3-12(4-6-14)22(24)25/h3-6,11,13,15-17,20H,1-2,7-9H2/t11-,13-,15+,16+,17-/m0/s1. The number of hydrogen-bond donors (Lipinski definition) is 1. The van der Waals surface area contributed by atoms with Gasteiger partial charge < -0.3 is 9.64 Å². The maximum atomic E-state index is 12.8. The van der Waals surface area contributed by atoms with Gasteiger partial charge in [-0.3, -0.25) is 20.2 Å². The summed E-state index contributed by atoms with van der Waals surface area (Å²) in [4.78, 5) is 24.8. The van der Waals surface area contributed by atoms with Crippen molar-refractivity contribution in [2.45, 2.75) is 49.9 Å². The van der Waals surface area contributed by atoms with Gasteiger partial charge in [0.25, 0.3) is 5.69 Å². The maximum Gasteiger partial charge on any atom is 0.269 e. The number of carbonyl (C=O) groups is 1. The van der Waals surface area contributed by atoms with Crippen molar-refractivity contribution in [1.29, 1.82) is 5.26 Å². The van der Waals surface area contributed by atoms with Crippen LogP contribution in [-0.2, 0) is 4.79 Å². The van der Waals surface area contributed by atoms with Crippen LogP contribution in [0.4, 0.5) is 5.69 Å². The number of nitrogens with one attached hydrogen (secondary N) is 1. The highest BCUT2D eigenvalue weighted by Gasteiger charge is 2.51. The van der Waals surface area contributed by atoms with E-state index < -0.39 is 4.92 Å². The first-order valence-electron chi connectivity index (χ1n) is 8.94. The number of non-ortho nitro benzene ring substituents is 1. The third kappa shape index (κ3) is 2.88. The molecule has 1 aliphatic carbocycles. The van der Waals surface area contributed by atoms with Crippen molar-refractivity contribution in [3.05, 3.63) is 34.4 Å². The van der Waals surface area contributed by atoms with Crippen LogP contribution in [-0.4, -0.2) is 46.5 Å². The molecule has 8 heteroatoms. The minimum atomic E-state index is -0.439. The van der Waals surface area contributed by atoms with Crippen LogP contribution >= 0.6 is 0 Å². The zero-order valence-electron chi connectivity index (χ0n) is 14.2. The molecule has 4 rings (SSSR count). The van der Waals surface area contributed by atoms with Gasteiger partial charge in [-0.05, 0) is 43.7 Å². The topological polar surface area (TPSA) is 108 Å². The molecule has 136 valence electrons. The molecule has 2 heterocycles. The molecule has 1 aromatic carbocycles. The molecule has 1 amide bonds. The SMILES string of the molecule is N#C[C@@H]1CCCN1C(=O)[C@H]1N[C@@H]2C[C@H]1C[C@H]2Oc1ccc([N+](=O)[O-])cc1. The minimum absolute atomic E-state index is 0.0340. The van der Waals surface area contributed by atoms with E-state index in [2.05, 4.69) is 11.4 Å². The Morgan fingerprint density at radius 3 is 2.73 bits per heavy atom. The van der Waals surface area contributed by atoms with E-state index in [0.717, 1.165) is 25.7 Å². The van der Waals surface area contributed by atoms with Gasteiger partial charge in [0.15, 0.2) is 0 Å². The van der Waals surface area contributed by atoms with Gasteiger partial charge in [0, 0.05) is 24.7 Å². The summed E-state index contributed by atoms with van der Waals surface area (Å²) in [6.45, 7) is 0.662. The van der Waals surface area contributed by atoms with E-state index in [0.29, 0.717) is 12.3 Å². The number of hydrogen-bond acceptors (Lipinski definition) is 6. The normalized spacial score (nSPS) is 32.4. The lowest BCUT2D eigenvalue weighted by Crippen LogP contribution is -2.54. The number of amides is 1. The molecular weight excluding hydrogens is 336 g/mol. The summed E-state index contributed by atoms with van der Waals surface area (Å²) in [5.41, 5.74) is 0.0340. The largest absolute Gasteiger partial charge is 0.489 e. The van der Waals surface area contributed by atoms with Crippen molar-refractivity contribution in [2.24, 2.45) is 5.92 Å². The first-order valence-corrected chi connectivity index (χ1v) is 8.94. The third-order valence-electron chi connectivity index (χ3n) is 5.69. The zero-order valence-corrected chi connectivity index (χ0v) is 14.2. The van der Waals surface area contributed by atoms with Crippen molar-refractivity contribution in [3.8, 4) is 11.8 Å². The molecule has 3 aliphatic rings. The Bertz CT molecular complexity index is 759. The Kier molecular flexibility index (Phi) is 4.24. The molecule has 1 saturated carbocycles. The molecule has 0 spiro atoms. The third-order valence-corrected chi connectivity index (χ3v) is 5.69. The van der Waals surface area contributed by atoms with E-state index >= 15 is 0 Å². The van der Waals surface area contributed by atoms with Gasteiger partial charge in [-0.1, -0.05) is 0 Å². The highest BCUT2D eigenvalue weighted by molar-refractivity contribution is 5.83. The number of nitro groups is 1. The fraction of sp³-hybridized carbons (Fsp3) is 0.556. The van der Waals surface area contributed by atoms with Crippen molar-refractivity contribution in [2.75, 3.05) is 6.54 Å². The molecular formula is C18H20N4O4. The summed E-state index contributed by atoms with van der Waals surface area (Å²) >= 11 is 0. The van der Waals surface area contributed by atoms with Gasteiger partial charge >= 0.3 is 0 Å². The number of rotatable bonds is 4. The van der Waals surface area contributed by atoms with Crippen LogP contribution in [0.25, 0.3) is 0 Å². The summed E-state index contributed by atoms with van der Waals surface area (Å²) in [6, 6.07) is 7.85. The molecule has 1 N–H and O–H groups in total. The molecule has 2 bridgehead atoms. The number of ether oxygens (including phenoxy) is 1. The lowest BCUT2D eigenvalue weighted by Gasteiger charge is -2.32. The van der Waals surface area contributed by atoms with E-state index in [1.807, 2.05) is 0 Å². The average Bonchev–Trinajstić information content (AvgIpc) is 3.36. The molecule has 26 heavy (non-hydrogen) atoms. The van der Waals surface area contributed by atoms with Crippen LogP contribution in [0.3, 0.4) is 0 Å². The van der Waals surface area contributed by atoms with Crippen LogP contribution in [0, 0.1) is 27.4 Å². The Balaban J connectivity index is 1.37. The summed E-state index contributed by atoms with van der Waals surface area (Å²) in [6.07, 6.45) is 3.25. The molecule has 2 aliphatic heterocycles. The number of nitrogens with zero attached hydrogens (tertiary/aromatic N) is 3. The van der Waals surface area contributed by atoms with Gasteiger partial charge in [0.1, 0.15) is 17.9 Å². The number of likely N-dealkylation sites (tertiary alicyclic amines) is 1. The van der Waals surface area contributed by atoms with Crippen LogP contribution in [0.5, 0.6) is 5.75 Å². The van der Waals surface area contributed by atoms with Crippen LogP contribution in [0.2, 0.25) is 0 Å². The lowest BCUT2D eigenvalue weighted by molar-refractivity contribution is -0.384. The smallest absolute Gasteiger partial charge is 0.269 e. The van der Waals surface area contributed by atoms with Crippen molar-refractivity contribution in [3.63, 3.8) is 0 Å². The number of fused-ring (bicyclic) bond motifs is 2. The predicted octanol–water partition coefficient (Wildman–Crippen LogP) is 1.61. The van der Waals surface area contributed by atoms with Gasteiger partial charge in [0.05, 0.1) is 17.0 Å². The van der Waals surface area contributed by atoms with Crippen LogP contribution in [0.15, 0.2) is 24.3 Å². The van der Waals surface area contributed by atoms with E-state index in [9.17, 15) is 20.2 Å². The predicted molar refractivity (Wildman–Crippen MR) is 91.3 cm³/mol. The lowest BCUT2D eigenvalue weighted by atomic mass is 9.97. The van der Waals surface area contributed by atoms with Crippen LogP contribution in [0.1, 0.15) is 25.7 Å². The summed E-state index contributed by atoms with van der Waals surface area (Å²) < 4.78 is 5.98. The summed E-state index contributed by atoms with van der Waals surface area (Å²) in [7, 11) is 0. The Morgan fingerprint density at radius 2 is 2.12 bits per heavy atom. The van der Waals surface area contributed by atoms with Gasteiger partial charge in [-0.2, -0.15) is 5.26 Å². The Morgan fingerprint density at radius 1 is 1.35 bits per heavy atom. The zero-order chi connectivity index (χ0) is 18.3. The number of benzene rings is 1. The molecule has 1 aromatic rings. The average molecular weight is 356 g/mol. The molecule has 0 aromatic heterocycles. The quantitative estimate of drug-likeness (QED) is 0.648. The van der Waals surface area contributed by atoms with Crippen molar-refractivity contribution >= 4 is 11.6 Å². The summed E-state index contributed by atoms with van der Waals surface area (Å²) in [5, 5.41) is 23.3. The monoisotopic (exact) mass is 356 g/mol. The van der Waals surface area contributed by atoms with E-state index in [-0.39, 0.29) is 41.7 Å². The highest BCUT2D eigenvalue weighted by atomic mass is 16.6. The second kappa shape index (κ2) is 6.57. The van der Waals surface area contributed by atoms with Gasteiger partial charge in [-0.25, -0.2) is 0 Å². The minimum Gasteiger partial charge on any atom is -0.489 e. The molecule has 2 saturated heterocycles. The Hall–Kier alpha value is -2.66. The first kappa shape index (κ1) is 16.8. The van der Waals surface area contributed by atoms with Crippen LogP contribution < -0.4 is 10.1 Å². The van der Waals surface area contributed by atoms with E-state index in [1.54, 1.807) is 17.0 Å². The highest BCUT2D eigenvalue weighted by Crippen LogP contribution is 2.39. The summed E-state index contributed by atoms with van der Waals surface area (Å²) in [5.74, 6) is 0.841. The Labute approximate surface area is 150 Å². The van der Waals surface area contributed by atoms with Gasteiger partial charge in [0.2, 0.25) is 5.91 Å². The second-order valence-electron chi connectivity index (χ2n) is 7.21. The second-order valence-corrected chi connectivity index (χ2v) is 7.21. The van der Waals surface area contributed by atoms with E-state index in [1.165, 1.54) is 12.1 Å². The molecule has 0 radical (unpaired) electrons. The van der Waals surface area contributed by atoms with Crippen molar-refractivity contribution in [1.82, 2.24) is 10.2 Å². The number of nitro benzene ring substituents is 1. The van der Waals surface area contributed by atoms with E-state index in [4.69, 9.17) is 4.74 Å². The molecule has 3 fully saturated rings. The molecule has 5 atom stereocenters. The molecule has 8 nitrogen and oxygen atoms in total. The number of nitriles is 1. The first-order chi connectivity index (χ1) is 12.6. The van der Waals surface area contributed by atoms with Crippen molar-refractivity contribution < 1.29 is 14.5 Å². The maximum absolute atomic E-state index is 12.8. The fourth-order valence-corrected chi connectivity index (χ4v) is 4.42.